The Labute approximate surface area is 211 Å². The highest BCUT2D eigenvalue weighted by atomic mass is 19.1. The Hall–Kier alpha value is -3.22. The highest BCUT2D eigenvalue weighted by molar-refractivity contribution is 5.75. The van der Waals surface area contributed by atoms with Crippen molar-refractivity contribution in [3.63, 3.8) is 0 Å². The zero-order valence-electron chi connectivity index (χ0n) is 20.7. The molecule has 6 nitrogen and oxygen atoms in total. The van der Waals surface area contributed by atoms with Gasteiger partial charge in [0.2, 0.25) is 0 Å². The first-order valence-corrected chi connectivity index (χ1v) is 13.0. The molecule has 0 spiro atoms. The number of fused-ring (bicyclic) bond motifs is 2. The summed E-state index contributed by atoms with van der Waals surface area (Å²) in [5, 5.41) is 3.00. The van der Waals surface area contributed by atoms with Crippen LogP contribution < -0.4 is 5.32 Å². The second-order valence-corrected chi connectivity index (χ2v) is 10.3. The molecule has 2 saturated carbocycles. The number of hydrogen-bond acceptors (Lipinski definition) is 5. The normalized spacial score (nSPS) is 31.4. The molecule has 36 heavy (non-hydrogen) atoms. The molecule has 3 fully saturated rings. The highest BCUT2D eigenvalue weighted by Gasteiger charge is 2.54. The zero-order chi connectivity index (χ0) is 25.2. The standard InChI is InChI=1S/C29H33FN2O4/c1-3-35-29(34)32-23-10-11-24-20(14-23)15-26-27(17(2)36-28(26)33)25(24)12-9-22-8-7-19(16-31-22)18-5-4-6-21(30)13-18/h4-9,12-13,16-17,20,23-27H,3,10-11,14-15H2,1-2H3,(H,32,34)/b12-9+/t17-,20+,23-,24+,25+,26+,27+/m0/s1. The van der Waals surface area contributed by atoms with Crippen molar-refractivity contribution < 1.29 is 23.5 Å². The van der Waals surface area contributed by atoms with E-state index in [-0.39, 0.29) is 47.8 Å². The van der Waals surface area contributed by atoms with E-state index in [4.69, 9.17) is 9.47 Å². The molecule has 1 N–H and O–H groups in total. The number of hydrogen-bond donors (Lipinski definition) is 1. The van der Waals surface area contributed by atoms with Crippen LogP contribution in [0.15, 0.2) is 48.7 Å². The van der Waals surface area contributed by atoms with E-state index in [0.717, 1.165) is 42.5 Å². The number of benzene rings is 1. The van der Waals surface area contributed by atoms with Crippen molar-refractivity contribution in [2.45, 2.75) is 51.7 Å². The number of alkyl carbamates (subject to hydrolysis) is 1. The predicted molar refractivity (Wildman–Crippen MR) is 134 cm³/mol. The molecule has 0 unspecified atom stereocenters. The van der Waals surface area contributed by atoms with Crippen LogP contribution in [-0.2, 0) is 14.3 Å². The molecule has 190 valence electrons. The number of esters is 1. The van der Waals surface area contributed by atoms with E-state index in [1.165, 1.54) is 12.1 Å². The molecule has 7 heteroatoms. The smallest absolute Gasteiger partial charge is 0.407 e. The van der Waals surface area contributed by atoms with Crippen molar-refractivity contribution in [2.24, 2.45) is 29.6 Å². The Morgan fingerprint density at radius 3 is 2.83 bits per heavy atom. The van der Waals surface area contributed by atoms with Crippen molar-refractivity contribution in [2.75, 3.05) is 6.61 Å². The Morgan fingerprint density at radius 1 is 1.22 bits per heavy atom. The summed E-state index contributed by atoms with van der Waals surface area (Å²) in [4.78, 5) is 29.2. The first-order chi connectivity index (χ1) is 17.4. The van der Waals surface area contributed by atoms with Gasteiger partial charge in [-0.3, -0.25) is 9.78 Å². The number of amides is 1. The molecular weight excluding hydrogens is 459 g/mol. The van der Waals surface area contributed by atoms with Gasteiger partial charge >= 0.3 is 12.1 Å². The van der Waals surface area contributed by atoms with Crippen LogP contribution in [0.25, 0.3) is 17.2 Å². The SMILES string of the molecule is CCOC(=O)N[C@H]1CC[C@@H]2[C@H](C1)C[C@H]1C(=O)O[C@@H](C)[C@@H]1[C@@H]2/C=C/c1ccc(-c2cccc(F)c2)cn1. The summed E-state index contributed by atoms with van der Waals surface area (Å²) < 4.78 is 24.3. The average Bonchev–Trinajstić information content (AvgIpc) is 3.15. The number of carbonyl (C=O) groups is 2. The van der Waals surface area contributed by atoms with Gasteiger partial charge in [-0.25, -0.2) is 9.18 Å². The van der Waals surface area contributed by atoms with Crippen molar-refractivity contribution in [3.8, 4) is 11.1 Å². The van der Waals surface area contributed by atoms with Crippen molar-refractivity contribution in [1.82, 2.24) is 10.3 Å². The summed E-state index contributed by atoms with van der Waals surface area (Å²) in [6.45, 7) is 4.15. The minimum absolute atomic E-state index is 0.0679. The first kappa shape index (κ1) is 24.5. The van der Waals surface area contributed by atoms with Gasteiger partial charge in [0.05, 0.1) is 18.2 Å². The van der Waals surface area contributed by atoms with Crippen LogP contribution >= 0.6 is 0 Å². The molecule has 1 saturated heterocycles. The van der Waals surface area contributed by atoms with E-state index in [1.54, 1.807) is 19.2 Å². The molecular formula is C29H33FN2O4. The van der Waals surface area contributed by atoms with Crippen LogP contribution in [0.5, 0.6) is 0 Å². The summed E-state index contributed by atoms with van der Waals surface area (Å²) >= 11 is 0. The van der Waals surface area contributed by atoms with Crippen LogP contribution in [0.2, 0.25) is 0 Å². The average molecular weight is 493 g/mol. The number of carbonyl (C=O) groups excluding carboxylic acids is 2. The number of cyclic esters (lactones) is 1. The number of nitrogens with zero attached hydrogens (tertiary/aromatic N) is 1. The Kier molecular flexibility index (Phi) is 7.08. The number of ether oxygens (including phenoxy) is 2. The molecule has 0 bridgehead atoms. The fourth-order valence-electron chi connectivity index (χ4n) is 6.64. The molecule has 7 atom stereocenters. The van der Waals surface area contributed by atoms with Crippen LogP contribution in [0.1, 0.15) is 45.2 Å². The molecule has 1 aromatic carbocycles. The van der Waals surface area contributed by atoms with Gasteiger partial charge in [-0.1, -0.05) is 24.3 Å². The summed E-state index contributed by atoms with van der Waals surface area (Å²) in [6.07, 6.45) is 9.07. The Morgan fingerprint density at radius 2 is 2.08 bits per heavy atom. The maximum atomic E-state index is 13.6. The van der Waals surface area contributed by atoms with Crippen LogP contribution in [0.4, 0.5) is 9.18 Å². The number of halogens is 1. The van der Waals surface area contributed by atoms with Crippen molar-refractivity contribution >= 4 is 18.1 Å². The van der Waals surface area contributed by atoms with Crippen molar-refractivity contribution in [3.05, 3.63) is 60.2 Å². The summed E-state index contributed by atoms with van der Waals surface area (Å²) in [6, 6.07) is 10.4. The number of allylic oxidation sites excluding steroid dienone is 1. The van der Waals surface area contributed by atoms with E-state index >= 15 is 0 Å². The molecule has 5 rings (SSSR count). The highest BCUT2D eigenvalue weighted by Crippen LogP contribution is 2.53. The number of pyridine rings is 1. The third-order valence-electron chi connectivity index (χ3n) is 8.18. The fourth-order valence-corrected chi connectivity index (χ4v) is 6.64. The molecule has 2 heterocycles. The molecule has 3 aliphatic rings. The van der Waals surface area contributed by atoms with Gasteiger partial charge in [0, 0.05) is 23.7 Å². The quantitative estimate of drug-likeness (QED) is 0.548. The van der Waals surface area contributed by atoms with Crippen LogP contribution in [0, 0.1) is 35.4 Å². The third-order valence-corrected chi connectivity index (χ3v) is 8.18. The third kappa shape index (κ3) is 5.01. The van der Waals surface area contributed by atoms with E-state index in [9.17, 15) is 14.0 Å². The number of rotatable bonds is 5. The van der Waals surface area contributed by atoms with E-state index in [2.05, 4.69) is 16.4 Å². The van der Waals surface area contributed by atoms with E-state index < -0.39 is 0 Å². The fraction of sp³-hybridized carbons (Fsp3) is 0.483. The monoisotopic (exact) mass is 492 g/mol. The van der Waals surface area contributed by atoms with Gasteiger partial charge in [0.15, 0.2) is 0 Å². The predicted octanol–water partition coefficient (Wildman–Crippen LogP) is 5.63. The second-order valence-electron chi connectivity index (χ2n) is 10.3. The molecule has 1 aliphatic heterocycles. The van der Waals surface area contributed by atoms with Gasteiger partial charge in [-0.05, 0) is 87.1 Å². The number of nitrogens with one attached hydrogen (secondary N) is 1. The molecule has 1 amide bonds. The maximum absolute atomic E-state index is 13.6. The van der Waals surface area contributed by atoms with Gasteiger partial charge < -0.3 is 14.8 Å². The van der Waals surface area contributed by atoms with Crippen molar-refractivity contribution in [1.29, 1.82) is 0 Å². The minimum atomic E-state index is -0.368. The largest absolute Gasteiger partial charge is 0.462 e. The first-order valence-electron chi connectivity index (χ1n) is 13.0. The lowest BCUT2D eigenvalue weighted by Crippen LogP contribution is -2.48. The topological polar surface area (TPSA) is 77.5 Å². The molecule has 1 aromatic heterocycles. The lowest BCUT2D eigenvalue weighted by Gasteiger charge is -2.47. The Bertz CT molecular complexity index is 1130. The summed E-state index contributed by atoms with van der Waals surface area (Å²) in [5.41, 5.74) is 2.48. The van der Waals surface area contributed by atoms with Crippen LogP contribution in [-0.4, -0.2) is 35.8 Å². The van der Waals surface area contributed by atoms with Gasteiger partial charge in [-0.2, -0.15) is 0 Å². The van der Waals surface area contributed by atoms with E-state index in [0.29, 0.717) is 18.4 Å². The summed E-state index contributed by atoms with van der Waals surface area (Å²) in [7, 11) is 0. The molecule has 2 aromatic rings. The zero-order valence-corrected chi connectivity index (χ0v) is 20.7. The van der Waals surface area contributed by atoms with Crippen LogP contribution in [0.3, 0.4) is 0 Å². The molecule has 2 aliphatic carbocycles. The lowest BCUT2D eigenvalue weighted by atomic mass is 9.57. The van der Waals surface area contributed by atoms with Gasteiger partial charge in [-0.15, -0.1) is 0 Å². The second kappa shape index (κ2) is 10.4. The minimum Gasteiger partial charge on any atom is -0.462 e. The maximum Gasteiger partial charge on any atom is 0.407 e. The van der Waals surface area contributed by atoms with Gasteiger partial charge in [0.1, 0.15) is 11.9 Å². The van der Waals surface area contributed by atoms with E-state index in [1.807, 2.05) is 31.2 Å². The molecule has 0 radical (unpaired) electrons. The Balaban J connectivity index is 1.34. The number of aromatic nitrogens is 1. The van der Waals surface area contributed by atoms with Gasteiger partial charge in [0.25, 0.3) is 0 Å². The summed E-state index contributed by atoms with van der Waals surface area (Å²) in [5.74, 6) is 0.629. The lowest BCUT2D eigenvalue weighted by molar-refractivity contribution is -0.144.